The first-order valence-corrected chi connectivity index (χ1v) is 7.81. The number of rotatable bonds is 3. The van der Waals surface area contributed by atoms with Gasteiger partial charge < -0.3 is 4.98 Å². The number of nitrogens with zero attached hydrogens (tertiary/aromatic N) is 1. The van der Waals surface area contributed by atoms with Gasteiger partial charge in [0.25, 0.3) is 0 Å². The van der Waals surface area contributed by atoms with Gasteiger partial charge in [0.05, 0.1) is 5.92 Å². The molecule has 102 valence electrons. The molecule has 0 amide bonds. The number of nitrogens with one attached hydrogen (secondary N) is 1. The molecule has 0 bridgehead atoms. The van der Waals surface area contributed by atoms with Crippen molar-refractivity contribution in [3.63, 3.8) is 0 Å². The summed E-state index contributed by atoms with van der Waals surface area (Å²) in [6, 6.07) is 19.4. The second kappa shape index (κ2) is 5.19. The van der Waals surface area contributed by atoms with Crippen molar-refractivity contribution in [2.75, 3.05) is 0 Å². The molecule has 1 N–H and O–H groups in total. The fraction of sp³-hybridized carbons (Fsp3) is 0.0556. The molecule has 0 aliphatic carbocycles. The van der Waals surface area contributed by atoms with Crippen molar-refractivity contribution in [1.29, 1.82) is 0 Å². The SMILES string of the molecule is c1csc(C(c2ccc3ccccc3c2)c2ncc[nH]2)c1. The molecule has 0 aliphatic rings. The molecule has 3 heteroatoms. The second-order valence-electron chi connectivity index (χ2n) is 5.03. The molecule has 2 nitrogen and oxygen atoms in total. The van der Waals surface area contributed by atoms with Gasteiger partial charge in [-0.2, -0.15) is 0 Å². The molecule has 0 aliphatic heterocycles. The number of aromatic nitrogens is 2. The van der Waals surface area contributed by atoms with E-state index in [-0.39, 0.29) is 5.92 Å². The normalized spacial score (nSPS) is 12.6. The van der Waals surface area contributed by atoms with Gasteiger partial charge in [-0.3, -0.25) is 0 Å². The van der Waals surface area contributed by atoms with Gasteiger partial charge in [-0.05, 0) is 27.8 Å². The molecule has 4 aromatic rings. The summed E-state index contributed by atoms with van der Waals surface area (Å²) in [5.74, 6) is 1.16. The maximum absolute atomic E-state index is 4.48. The number of hydrogen-bond acceptors (Lipinski definition) is 2. The lowest BCUT2D eigenvalue weighted by atomic mass is 9.94. The summed E-state index contributed by atoms with van der Waals surface area (Å²) < 4.78 is 0. The number of fused-ring (bicyclic) bond motifs is 1. The minimum absolute atomic E-state index is 0.171. The van der Waals surface area contributed by atoms with Crippen molar-refractivity contribution in [3.05, 3.63) is 88.6 Å². The standard InChI is InChI=1S/C18H14N2S/c1-2-5-14-12-15(8-7-13(14)4-1)17(16-6-3-11-21-16)18-19-9-10-20-18/h1-12,17H,(H,19,20). The van der Waals surface area contributed by atoms with Crippen LogP contribution in [-0.4, -0.2) is 9.97 Å². The summed E-state index contributed by atoms with van der Waals surface area (Å²) >= 11 is 1.77. The van der Waals surface area contributed by atoms with Crippen LogP contribution in [0, 0.1) is 0 Å². The van der Waals surface area contributed by atoms with Crippen LogP contribution in [0.5, 0.6) is 0 Å². The van der Waals surface area contributed by atoms with E-state index in [0.717, 1.165) is 5.82 Å². The third kappa shape index (κ3) is 2.26. The van der Waals surface area contributed by atoms with Crippen LogP contribution in [0.3, 0.4) is 0 Å². The van der Waals surface area contributed by atoms with Crippen molar-refractivity contribution in [3.8, 4) is 0 Å². The highest BCUT2D eigenvalue weighted by atomic mass is 32.1. The molecule has 1 unspecified atom stereocenters. The summed E-state index contributed by atoms with van der Waals surface area (Å²) in [4.78, 5) is 9.05. The Morgan fingerprint density at radius 3 is 2.62 bits per heavy atom. The minimum atomic E-state index is 0.171. The highest BCUT2D eigenvalue weighted by molar-refractivity contribution is 7.10. The quantitative estimate of drug-likeness (QED) is 0.576. The lowest BCUT2D eigenvalue weighted by molar-refractivity contribution is 0.903. The average molecular weight is 290 g/mol. The van der Waals surface area contributed by atoms with E-state index in [0.29, 0.717) is 0 Å². The average Bonchev–Trinajstić information content (AvgIpc) is 3.21. The van der Waals surface area contributed by atoms with Gasteiger partial charge in [0.1, 0.15) is 5.82 Å². The zero-order valence-corrected chi connectivity index (χ0v) is 12.2. The van der Waals surface area contributed by atoms with Gasteiger partial charge in [0.2, 0.25) is 0 Å². The maximum Gasteiger partial charge on any atom is 0.118 e. The van der Waals surface area contributed by atoms with Crippen molar-refractivity contribution in [1.82, 2.24) is 9.97 Å². The number of thiophene rings is 1. The molecule has 2 aromatic carbocycles. The predicted octanol–water partition coefficient (Wildman–Crippen LogP) is 4.80. The molecular weight excluding hydrogens is 276 g/mol. The number of benzene rings is 2. The monoisotopic (exact) mass is 290 g/mol. The van der Waals surface area contributed by atoms with E-state index in [4.69, 9.17) is 0 Å². The van der Waals surface area contributed by atoms with Crippen LogP contribution < -0.4 is 0 Å². The van der Waals surface area contributed by atoms with E-state index in [2.05, 4.69) is 69.9 Å². The Balaban J connectivity index is 1.89. The highest BCUT2D eigenvalue weighted by Gasteiger charge is 2.20. The molecule has 1 atom stereocenters. The third-order valence-corrected chi connectivity index (χ3v) is 4.66. The Kier molecular flexibility index (Phi) is 3.05. The number of aromatic amines is 1. The lowest BCUT2D eigenvalue weighted by Crippen LogP contribution is -2.03. The first-order chi connectivity index (χ1) is 10.4. The zero-order chi connectivity index (χ0) is 14.1. The fourth-order valence-electron chi connectivity index (χ4n) is 2.74. The first-order valence-electron chi connectivity index (χ1n) is 6.93. The lowest BCUT2D eigenvalue weighted by Gasteiger charge is -2.14. The molecule has 0 saturated heterocycles. The molecule has 2 heterocycles. The number of H-pyrrole nitrogens is 1. The van der Waals surface area contributed by atoms with Crippen LogP contribution in [0.4, 0.5) is 0 Å². The van der Waals surface area contributed by atoms with Crippen LogP contribution in [0.25, 0.3) is 10.8 Å². The van der Waals surface area contributed by atoms with E-state index < -0.39 is 0 Å². The smallest absolute Gasteiger partial charge is 0.118 e. The molecular formula is C18H14N2S. The summed E-state index contributed by atoms with van der Waals surface area (Å²) in [7, 11) is 0. The van der Waals surface area contributed by atoms with Crippen LogP contribution in [-0.2, 0) is 0 Å². The molecule has 2 aromatic heterocycles. The molecule has 0 spiro atoms. The van der Waals surface area contributed by atoms with E-state index in [9.17, 15) is 0 Å². The zero-order valence-electron chi connectivity index (χ0n) is 11.4. The predicted molar refractivity (Wildman–Crippen MR) is 87.8 cm³/mol. The van der Waals surface area contributed by atoms with Gasteiger partial charge in [0, 0.05) is 17.3 Å². The summed E-state index contributed by atoms with van der Waals surface area (Å²) in [6.07, 6.45) is 3.70. The first kappa shape index (κ1) is 12.4. The van der Waals surface area contributed by atoms with Gasteiger partial charge in [-0.1, -0.05) is 48.5 Å². The van der Waals surface area contributed by atoms with E-state index in [1.165, 1.54) is 21.2 Å². The largest absolute Gasteiger partial charge is 0.348 e. The summed E-state index contributed by atoms with van der Waals surface area (Å²) in [5.41, 5.74) is 1.27. The number of imidazole rings is 1. The van der Waals surface area contributed by atoms with E-state index in [1.54, 1.807) is 11.3 Å². The Morgan fingerprint density at radius 2 is 1.86 bits per heavy atom. The van der Waals surface area contributed by atoms with Crippen molar-refractivity contribution in [2.45, 2.75) is 5.92 Å². The topological polar surface area (TPSA) is 28.7 Å². The Hall–Kier alpha value is -2.39. The number of hydrogen-bond donors (Lipinski definition) is 1. The Bertz CT molecular complexity index is 814. The van der Waals surface area contributed by atoms with Crippen molar-refractivity contribution >= 4 is 22.1 Å². The molecule has 0 fully saturated rings. The Morgan fingerprint density at radius 1 is 0.952 bits per heavy atom. The fourth-order valence-corrected chi connectivity index (χ4v) is 3.59. The highest BCUT2D eigenvalue weighted by Crippen LogP contribution is 2.34. The maximum atomic E-state index is 4.48. The summed E-state index contributed by atoms with van der Waals surface area (Å²) in [6.45, 7) is 0. The van der Waals surface area contributed by atoms with Gasteiger partial charge in [0.15, 0.2) is 0 Å². The van der Waals surface area contributed by atoms with E-state index in [1.807, 2.05) is 12.4 Å². The van der Waals surface area contributed by atoms with Gasteiger partial charge >= 0.3 is 0 Å². The summed E-state index contributed by atoms with van der Waals surface area (Å²) in [5, 5.41) is 4.65. The van der Waals surface area contributed by atoms with Crippen LogP contribution in [0.15, 0.2) is 72.4 Å². The second-order valence-corrected chi connectivity index (χ2v) is 6.01. The van der Waals surface area contributed by atoms with Gasteiger partial charge in [-0.25, -0.2) is 4.98 Å². The molecule has 0 radical (unpaired) electrons. The third-order valence-electron chi connectivity index (χ3n) is 3.73. The minimum Gasteiger partial charge on any atom is -0.348 e. The van der Waals surface area contributed by atoms with Crippen molar-refractivity contribution in [2.24, 2.45) is 0 Å². The Labute approximate surface area is 127 Å². The molecule has 0 saturated carbocycles. The van der Waals surface area contributed by atoms with Gasteiger partial charge in [-0.15, -0.1) is 11.3 Å². The van der Waals surface area contributed by atoms with Crippen molar-refractivity contribution < 1.29 is 0 Å². The van der Waals surface area contributed by atoms with Crippen LogP contribution in [0.1, 0.15) is 22.2 Å². The van der Waals surface area contributed by atoms with Crippen LogP contribution in [0.2, 0.25) is 0 Å². The molecule has 21 heavy (non-hydrogen) atoms. The van der Waals surface area contributed by atoms with E-state index >= 15 is 0 Å². The molecule has 4 rings (SSSR count). The van der Waals surface area contributed by atoms with Crippen LogP contribution >= 0.6 is 11.3 Å².